The molecule has 2 aromatic carbocycles. The number of aryl methyl sites for hydroxylation is 1. The van der Waals surface area contributed by atoms with Crippen LogP contribution in [0.4, 0.5) is 5.69 Å². The van der Waals surface area contributed by atoms with Gasteiger partial charge in [0.2, 0.25) is 11.8 Å². The zero-order valence-electron chi connectivity index (χ0n) is 15.3. The molecule has 2 aromatic rings. The molecule has 0 aromatic heterocycles. The fourth-order valence-corrected chi connectivity index (χ4v) is 4.08. The van der Waals surface area contributed by atoms with Gasteiger partial charge in [-0.15, -0.1) is 0 Å². The van der Waals surface area contributed by atoms with Crippen molar-refractivity contribution in [3.63, 3.8) is 0 Å². The molecule has 1 heterocycles. The van der Waals surface area contributed by atoms with Crippen molar-refractivity contribution >= 4 is 23.1 Å². The first-order chi connectivity index (χ1) is 13.0. The summed E-state index contributed by atoms with van der Waals surface area (Å²) in [4.78, 5) is 25.0. The number of carbonyl (C=O) groups is 2. The van der Waals surface area contributed by atoms with Crippen LogP contribution in [-0.2, 0) is 16.0 Å². The van der Waals surface area contributed by atoms with Crippen LogP contribution in [0, 0.1) is 6.92 Å². The third kappa shape index (κ3) is 3.21. The molecule has 0 spiro atoms. The second-order valence-corrected chi connectivity index (χ2v) is 7.43. The zero-order valence-corrected chi connectivity index (χ0v) is 15.3. The van der Waals surface area contributed by atoms with E-state index in [0.29, 0.717) is 6.42 Å². The van der Waals surface area contributed by atoms with Gasteiger partial charge in [-0.1, -0.05) is 48.0 Å². The first-order valence-corrected chi connectivity index (χ1v) is 9.22. The second kappa shape index (κ2) is 6.58. The van der Waals surface area contributed by atoms with E-state index >= 15 is 0 Å². The average Bonchev–Trinajstić information content (AvgIpc) is 2.99. The molecule has 5 nitrogen and oxygen atoms in total. The monoisotopic (exact) mass is 361 g/mol. The Hall–Kier alpha value is -3.08. The Bertz CT molecular complexity index is 950. The maximum atomic E-state index is 12.7. The number of para-hydroxylation sites is 1. The van der Waals surface area contributed by atoms with E-state index in [1.807, 2.05) is 61.5 Å². The van der Waals surface area contributed by atoms with Crippen LogP contribution in [0.1, 0.15) is 29.5 Å². The molecule has 1 aliphatic heterocycles. The predicted molar refractivity (Wildman–Crippen MR) is 106 cm³/mol. The van der Waals surface area contributed by atoms with Gasteiger partial charge in [-0.2, -0.15) is 0 Å². The molecule has 0 bridgehead atoms. The smallest absolute Gasteiger partial charge is 0.247 e. The van der Waals surface area contributed by atoms with Crippen molar-refractivity contribution in [2.45, 2.75) is 37.8 Å². The van der Waals surface area contributed by atoms with Crippen LogP contribution in [0.3, 0.4) is 0 Å². The number of hydrogen-bond donors (Lipinski definition) is 3. The summed E-state index contributed by atoms with van der Waals surface area (Å²) < 4.78 is 0. The number of amides is 2. The van der Waals surface area contributed by atoms with Crippen molar-refractivity contribution in [1.82, 2.24) is 5.32 Å². The molecule has 4 N–H and O–H groups in total. The summed E-state index contributed by atoms with van der Waals surface area (Å²) in [5.41, 5.74) is 9.78. The number of rotatable bonds is 4. The molecular weight excluding hydrogens is 338 g/mol. The Morgan fingerprint density at radius 2 is 2.04 bits per heavy atom. The first kappa shape index (κ1) is 17.3. The molecule has 0 radical (unpaired) electrons. The molecule has 138 valence electrons. The molecule has 0 fully saturated rings. The van der Waals surface area contributed by atoms with Crippen molar-refractivity contribution < 1.29 is 9.59 Å². The largest absolute Gasteiger partial charge is 0.378 e. The fraction of sp³-hybridized carbons (Fsp3) is 0.273. The molecule has 2 amide bonds. The highest BCUT2D eigenvalue weighted by atomic mass is 16.2. The van der Waals surface area contributed by atoms with E-state index in [2.05, 4.69) is 10.6 Å². The van der Waals surface area contributed by atoms with Crippen LogP contribution in [0.25, 0.3) is 5.57 Å². The lowest BCUT2D eigenvalue weighted by atomic mass is 9.79. The minimum absolute atomic E-state index is 0.156. The van der Waals surface area contributed by atoms with Gasteiger partial charge in [0.05, 0.1) is 12.5 Å². The fourth-order valence-electron chi connectivity index (χ4n) is 4.08. The van der Waals surface area contributed by atoms with Gasteiger partial charge in [-0.3, -0.25) is 9.59 Å². The Labute approximate surface area is 158 Å². The van der Waals surface area contributed by atoms with Crippen molar-refractivity contribution in [2.24, 2.45) is 5.73 Å². The quantitative estimate of drug-likeness (QED) is 0.782. The standard InChI is InChI=1S/C22H23N3O2/c1-14-5-4-6-15(11-14)12-20(26)25-22(21(23)27)10-9-19-17(13-22)16-7-2-3-8-18(16)24-19/h2-8,11,13,19,24H,9-10,12H2,1H3,(H2,23,27)(H,25,26). The molecule has 0 saturated carbocycles. The maximum absolute atomic E-state index is 12.7. The van der Waals surface area contributed by atoms with Gasteiger partial charge in [0.1, 0.15) is 5.54 Å². The summed E-state index contributed by atoms with van der Waals surface area (Å²) in [6.07, 6.45) is 3.29. The normalized spacial score (nSPS) is 22.9. The van der Waals surface area contributed by atoms with Gasteiger partial charge >= 0.3 is 0 Å². The van der Waals surface area contributed by atoms with Gasteiger partial charge < -0.3 is 16.4 Å². The molecule has 2 atom stereocenters. The lowest BCUT2D eigenvalue weighted by molar-refractivity contribution is -0.130. The summed E-state index contributed by atoms with van der Waals surface area (Å²) in [7, 11) is 0. The Kier molecular flexibility index (Phi) is 4.22. The van der Waals surface area contributed by atoms with E-state index in [4.69, 9.17) is 5.73 Å². The van der Waals surface area contributed by atoms with Crippen LogP contribution in [-0.4, -0.2) is 23.4 Å². The summed E-state index contributed by atoms with van der Waals surface area (Å²) in [5.74, 6) is -0.718. The SMILES string of the molecule is Cc1cccc(CC(=O)NC2(C(N)=O)C=C3c4ccccc4NC3CC2)c1. The highest BCUT2D eigenvalue weighted by molar-refractivity contribution is 5.98. The number of benzene rings is 2. The highest BCUT2D eigenvalue weighted by Gasteiger charge is 2.43. The van der Waals surface area contributed by atoms with E-state index in [0.717, 1.165) is 34.4 Å². The molecule has 0 saturated heterocycles. The number of hydrogen-bond acceptors (Lipinski definition) is 3. The topological polar surface area (TPSA) is 84.2 Å². The van der Waals surface area contributed by atoms with Crippen LogP contribution < -0.4 is 16.4 Å². The van der Waals surface area contributed by atoms with Gasteiger partial charge in [0, 0.05) is 11.3 Å². The zero-order chi connectivity index (χ0) is 19.0. The van der Waals surface area contributed by atoms with E-state index in [-0.39, 0.29) is 18.4 Å². The predicted octanol–water partition coefficient (Wildman–Crippen LogP) is 2.55. The lowest BCUT2D eigenvalue weighted by Crippen LogP contribution is -2.58. The molecular formula is C22H23N3O2. The van der Waals surface area contributed by atoms with Crippen LogP contribution >= 0.6 is 0 Å². The van der Waals surface area contributed by atoms with E-state index in [9.17, 15) is 9.59 Å². The van der Waals surface area contributed by atoms with Gasteiger partial charge in [0.25, 0.3) is 0 Å². The van der Waals surface area contributed by atoms with Crippen molar-refractivity contribution in [3.05, 3.63) is 71.3 Å². The lowest BCUT2D eigenvalue weighted by Gasteiger charge is -2.35. The number of anilines is 1. The van der Waals surface area contributed by atoms with E-state index in [1.165, 1.54) is 0 Å². The Balaban J connectivity index is 1.61. The third-order valence-electron chi connectivity index (χ3n) is 5.42. The molecule has 2 unspecified atom stereocenters. The van der Waals surface area contributed by atoms with Crippen molar-refractivity contribution in [2.75, 3.05) is 5.32 Å². The van der Waals surface area contributed by atoms with E-state index < -0.39 is 11.4 Å². The summed E-state index contributed by atoms with van der Waals surface area (Å²) in [6.45, 7) is 1.99. The van der Waals surface area contributed by atoms with Gasteiger partial charge in [-0.25, -0.2) is 0 Å². The third-order valence-corrected chi connectivity index (χ3v) is 5.42. The average molecular weight is 361 g/mol. The summed E-state index contributed by atoms with van der Waals surface area (Å²) in [5, 5.41) is 6.40. The molecule has 27 heavy (non-hydrogen) atoms. The number of nitrogens with two attached hydrogens (primary N) is 1. The summed E-state index contributed by atoms with van der Waals surface area (Å²) in [6, 6.07) is 16.0. The maximum Gasteiger partial charge on any atom is 0.247 e. The first-order valence-electron chi connectivity index (χ1n) is 9.22. The summed E-state index contributed by atoms with van der Waals surface area (Å²) >= 11 is 0. The minimum atomic E-state index is -1.15. The molecule has 4 rings (SSSR count). The second-order valence-electron chi connectivity index (χ2n) is 7.43. The van der Waals surface area contributed by atoms with Gasteiger partial charge in [0.15, 0.2) is 0 Å². The highest BCUT2D eigenvalue weighted by Crippen LogP contribution is 2.42. The Morgan fingerprint density at radius 3 is 2.81 bits per heavy atom. The minimum Gasteiger partial charge on any atom is -0.378 e. The van der Waals surface area contributed by atoms with E-state index in [1.54, 1.807) is 0 Å². The number of nitrogens with one attached hydrogen (secondary N) is 2. The van der Waals surface area contributed by atoms with Gasteiger partial charge in [-0.05, 0) is 43.0 Å². The number of fused-ring (bicyclic) bond motifs is 3. The Morgan fingerprint density at radius 1 is 1.22 bits per heavy atom. The van der Waals surface area contributed by atoms with Crippen molar-refractivity contribution in [3.8, 4) is 0 Å². The van der Waals surface area contributed by atoms with Crippen LogP contribution in [0.15, 0.2) is 54.6 Å². The van der Waals surface area contributed by atoms with Crippen molar-refractivity contribution in [1.29, 1.82) is 0 Å². The number of primary amides is 1. The molecule has 2 aliphatic rings. The van der Waals surface area contributed by atoms with Crippen LogP contribution in [0.5, 0.6) is 0 Å². The number of carbonyl (C=O) groups excluding carboxylic acids is 2. The molecule has 5 heteroatoms. The molecule has 1 aliphatic carbocycles. The van der Waals surface area contributed by atoms with Crippen LogP contribution in [0.2, 0.25) is 0 Å².